The predicted molar refractivity (Wildman–Crippen MR) is 78.2 cm³/mol. The van der Waals surface area contributed by atoms with E-state index < -0.39 is 22.0 Å². The molecule has 0 aromatic carbocycles. The van der Waals surface area contributed by atoms with E-state index >= 15 is 0 Å². The maximum absolute atomic E-state index is 12.1. The lowest BCUT2D eigenvalue weighted by Crippen LogP contribution is -2.41. The Labute approximate surface area is 129 Å². The average molecular weight is 391 g/mol. The zero-order valence-electron chi connectivity index (χ0n) is 10.2. The first kappa shape index (κ1) is 16.9. The summed E-state index contributed by atoms with van der Waals surface area (Å²) in [6.07, 6.45) is 0.206. The number of carbonyl (C=O) groups is 1. The van der Waals surface area contributed by atoms with Crippen molar-refractivity contribution in [2.24, 2.45) is 5.92 Å². The van der Waals surface area contributed by atoms with E-state index in [-0.39, 0.29) is 21.6 Å². The summed E-state index contributed by atoms with van der Waals surface area (Å²) in [5.74, 6) is -1.16. The Hall–Kier alpha value is -0.150. The van der Waals surface area contributed by atoms with Crippen molar-refractivity contribution in [1.82, 2.24) is 4.72 Å². The third-order valence-corrected chi connectivity index (χ3v) is 5.82. The van der Waals surface area contributed by atoms with E-state index in [1.807, 2.05) is 13.8 Å². The second kappa shape index (κ2) is 6.53. The lowest BCUT2D eigenvalue weighted by atomic mass is 10.1. The SMILES string of the molecule is CC(C)C[C@H](NS(=O)(=O)c1cc(Br)sc1Cl)C(=O)O. The normalized spacial score (nSPS) is 13.7. The number of hydrogen-bond acceptors (Lipinski definition) is 4. The largest absolute Gasteiger partial charge is 0.480 e. The second-order valence-electron chi connectivity index (χ2n) is 4.33. The van der Waals surface area contributed by atoms with Crippen molar-refractivity contribution >= 4 is 54.9 Å². The number of sulfonamides is 1. The zero-order valence-corrected chi connectivity index (χ0v) is 14.2. The van der Waals surface area contributed by atoms with Gasteiger partial charge in [-0.15, -0.1) is 11.3 Å². The first-order valence-electron chi connectivity index (χ1n) is 5.33. The van der Waals surface area contributed by atoms with Crippen molar-refractivity contribution in [3.8, 4) is 0 Å². The predicted octanol–water partition coefficient (Wildman–Crippen LogP) is 2.94. The summed E-state index contributed by atoms with van der Waals surface area (Å²) in [5, 5.41) is 9.04. The highest BCUT2D eigenvalue weighted by Crippen LogP contribution is 2.34. The lowest BCUT2D eigenvalue weighted by molar-refractivity contribution is -0.139. The van der Waals surface area contributed by atoms with Gasteiger partial charge in [-0.3, -0.25) is 4.79 Å². The average Bonchev–Trinajstić information content (AvgIpc) is 2.56. The molecule has 0 saturated carbocycles. The molecule has 19 heavy (non-hydrogen) atoms. The van der Waals surface area contributed by atoms with Crippen LogP contribution >= 0.6 is 38.9 Å². The Morgan fingerprint density at radius 2 is 2.16 bits per heavy atom. The summed E-state index contributed by atoms with van der Waals surface area (Å²) >= 11 is 10.0. The van der Waals surface area contributed by atoms with E-state index in [9.17, 15) is 13.2 Å². The molecule has 1 aromatic rings. The van der Waals surface area contributed by atoms with Crippen LogP contribution < -0.4 is 4.72 Å². The molecule has 1 atom stereocenters. The summed E-state index contributed by atoms with van der Waals surface area (Å²) < 4.78 is 27.0. The van der Waals surface area contributed by atoms with Crippen molar-refractivity contribution in [1.29, 1.82) is 0 Å². The van der Waals surface area contributed by atoms with Gasteiger partial charge in [-0.25, -0.2) is 8.42 Å². The number of thiophene rings is 1. The highest BCUT2D eigenvalue weighted by molar-refractivity contribution is 9.11. The summed E-state index contributed by atoms with van der Waals surface area (Å²) in [5.41, 5.74) is 0. The molecule has 1 rings (SSSR count). The van der Waals surface area contributed by atoms with Crippen LogP contribution in [0.25, 0.3) is 0 Å². The number of carboxylic acids is 1. The van der Waals surface area contributed by atoms with Gasteiger partial charge in [-0.2, -0.15) is 4.72 Å². The fraction of sp³-hybridized carbons (Fsp3) is 0.500. The fourth-order valence-electron chi connectivity index (χ4n) is 1.43. The Bertz CT molecular complexity index is 570. The maximum Gasteiger partial charge on any atom is 0.321 e. The number of hydrogen-bond donors (Lipinski definition) is 2. The van der Waals surface area contributed by atoms with Gasteiger partial charge in [0.2, 0.25) is 10.0 Å². The zero-order chi connectivity index (χ0) is 14.8. The first-order chi connectivity index (χ1) is 8.63. The Balaban J connectivity index is 3.01. The lowest BCUT2D eigenvalue weighted by Gasteiger charge is -2.16. The molecule has 0 saturated heterocycles. The van der Waals surface area contributed by atoms with Crippen LogP contribution in [0, 0.1) is 5.92 Å². The third kappa shape index (κ3) is 4.71. The van der Waals surface area contributed by atoms with Crippen LogP contribution in [-0.4, -0.2) is 25.5 Å². The molecule has 0 aliphatic rings. The number of rotatable bonds is 6. The number of nitrogens with one attached hydrogen (secondary N) is 1. The summed E-state index contributed by atoms with van der Waals surface area (Å²) in [7, 11) is -3.94. The van der Waals surface area contributed by atoms with Gasteiger partial charge in [0, 0.05) is 0 Å². The molecule has 108 valence electrons. The molecule has 0 aliphatic carbocycles. The van der Waals surface area contributed by atoms with Gasteiger partial charge < -0.3 is 5.11 Å². The molecule has 0 fully saturated rings. The molecular weight excluding hydrogens is 378 g/mol. The third-order valence-electron chi connectivity index (χ3n) is 2.22. The molecule has 0 amide bonds. The Morgan fingerprint density at radius 3 is 2.53 bits per heavy atom. The minimum absolute atomic E-state index is 0.0495. The van der Waals surface area contributed by atoms with Crippen LogP contribution in [0.15, 0.2) is 14.7 Å². The first-order valence-corrected chi connectivity index (χ1v) is 8.80. The Kier molecular flexibility index (Phi) is 5.81. The highest BCUT2D eigenvalue weighted by Gasteiger charge is 2.28. The van der Waals surface area contributed by atoms with Crippen molar-refractivity contribution in [2.75, 3.05) is 0 Å². The monoisotopic (exact) mass is 389 g/mol. The highest BCUT2D eigenvalue weighted by atomic mass is 79.9. The van der Waals surface area contributed by atoms with Gasteiger partial charge in [0.15, 0.2) is 0 Å². The van der Waals surface area contributed by atoms with Gasteiger partial charge in [0.05, 0.1) is 3.79 Å². The molecule has 5 nitrogen and oxygen atoms in total. The van der Waals surface area contributed by atoms with Gasteiger partial charge in [0.1, 0.15) is 15.3 Å². The topological polar surface area (TPSA) is 83.5 Å². The minimum Gasteiger partial charge on any atom is -0.480 e. The van der Waals surface area contributed by atoms with E-state index in [1.54, 1.807) is 0 Å². The van der Waals surface area contributed by atoms with Crippen LogP contribution in [-0.2, 0) is 14.8 Å². The van der Waals surface area contributed by atoms with E-state index in [2.05, 4.69) is 20.7 Å². The van der Waals surface area contributed by atoms with E-state index in [0.717, 1.165) is 11.3 Å². The molecular formula is C10H13BrClNO4S2. The van der Waals surface area contributed by atoms with Crippen molar-refractivity contribution < 1.29 is 18.3 Å². The molecule has 1 aromatic heterocycles. The quantitative estimate of drug-likeness (QED) is 0.782. The van der Waals surface area contributed by atoms with Gasteiger partial charge in [-0.05, 0) is 34.3 Å². The summed E-state index contributed by atoms with van der Waals surface area (Å²) in [6, 6.07) is 0.184. The van der Waals surface area contributed by atoms with Crippen LogP contribution in [0.3, 0.4) is 0 Å². The minimum atomic E-state index is -3.94. The van der Waals surface area contributed by atoms with E-state index in [4.69, 9.17) is 16.7 Å². The Morgan fingerprint density at radius 1 is 1.58 bits per heavy atom. The van der Waals surface area contributed by atoms with Gasteiger partial charge in [0.25, 0.3) is 0 Å². The van der Waals surface area contributed by atoms with Gasteiger partial charge in [-0.1, -0.05) is 25.4 Å². The molecule has 9 heteroatoms. The smallest absolute Gasteiger partial charge is 0.321 e. The van der Waals surface area contributed by atoms with Crippen molar-refractivity contribution in [3.05, 3.63) is 14.2 Å². The maximum atomic E-state index is 12.1. The van der Waals surface area contributed by atoms with Crippen molar-refractivity contribution in [2.45, 2.75) is 31.2 Å². The van der Waals surface area contributed by atoms with Crippen LogP contribution in [0.2, 0.25) is 4.34 Å². The fourth-order valence-corrected chi connectivity index (χ4v) is 5.40. The molecule has 0 bridgehead atoms. The summed E-state index contributed by atoms with van der Waals surface area (Å²) in [4.78, 5) is 11.0. The molecule has 0 aliphatic heterocycles. The summed E-state index contributed by atoms with van der Waals surface area (Å²) in [6.45, 7) is 3.64. The molecule has 0 radical (unpaired) electrons. The van der Waals surface area contributed by atoms with E-state index in [0.29, 0.717) is 3.79 Å². The number of halogens is 2. The standard InChI is InChI=1S/C10H13BrClNO4S2/c1-5(2)3-6(10(14)15)13-19(16,17)7-4-8(11)18-9(7)12/h4-6,13H,3H2,1-2H3,(H,14,15)/t6-/m0/s1. The molecule has 2 N–H and O–H groups in total. The number of carboxylic acid groups (broad SMARTS) is 1. The van der Waals surface area contributed by atoms with Crippen LogP contribution in [0.5, 0.6) is 0 Å². The van der Waals surface area contributed by atoms with Gasteiger partial charge >= 0.3 is 5.97 Å². The van der Waals surface area contributed by atoms with Crippen molar-refractivity contribution in [3.63, 3.8) is 0 Å². The van der Waals surface area contributed by atoms with Crippen LogP contribution in [0.1, 0.15) is 20.3 Å². The van der Waals surface area contributed by atoms with E-state index in [1.165, 1.54) is 6.07 Å². The van der Waals surface area contributed by atoms with Crippen LogP contribution in [0.4, 0.5) is 0 Å². The number of aliphatic carboxylic acids is 1. The second-order valence-corrected chi connectivity index (χ2v) is 9.05. The molecule has 1 heterocycles. The molecule has 0 unspecified atom stereocenters. The molecule has 0 spiro atoms.